The molecule has 0 atom stereocenters. The Morgan fingerprint density at radius 1 is 1.21 bits per heavy atom. The highest BCUT2D eigenvalue weighted by molar-refractivity contribution is 7.99. The minimum Gasteiger partial charge on any atom is -0.504 e. The lowest BCUT2D eigenvalue weighted by Crippen LogP contribution is -2.20. The fraction of sp³-hybridized carbons (Fsp3) is 0.160. The Labute approximate surface area is 206 Å². The number of imidazole rings is 1. The first kappa shape index (κ1) is 23.7. The molecular weight excluding hydrogens is 472 g/mol. The lowest BCUT2D eigenvalue weighted by atomic mass is 10.2. The summed E-state index contributed by atoms with van der Waals surface area (Å²) in [4.78, 5) is 17.1. The molecule has 9 heteroatoms. The van der Waals surface area contributed by atoms with Crippen molar-refractivity contribution in [2.24, 2.45) is 5.10 Å². The molecule has 1 heterocycles. The van der Waals surface area contributed by atoms with Gasteiger partial charge in [0.05, 0.1) is 36.2 Å². The highest BCUT2D eigenvalue weighted by Gasteiger charge is 2.13. The molecule has 0 saturated heterocycles. The molecule has 4 rings (SSSR count). The molecule has 174 valence electrons. The van der Waals surface area contributed by atoms with Crippen molar-refractivity contribution >= 4 is 46.5 Å². The number of aromatic hydroxyl groups is 1. The molecule has 4 aromatic rings. The van der Waals surface area contributed by atoms with Crippen molar-refractivity contribution in [3.8, 4) is 11.5 Å². The molecule has 0 bridgehead atoms. The van der Waals surface area contributed by atoms with Crippen molar-refractivity contribution in [3.63, 3.8) is 0 Å². The van der Waals surface area contributed by atoms with E-state index in [9.17, 15) is 9.90 Å². The Kier molecular flexibility index (Phi) is 7.72. The van der Waals surface area contributed by atoms with Gasteiger partial charge >= 0.3 is 0 Å². The van der Waals surface area contributed by atoms with Crippen molar-refractivity contribution in [2.45, 2.75) is 18.6 Å². The zero-order chi connectivity index (χ0) is 23.9. The maximum absolute atomic E-state index is 12.4. The van der Waals surface area contributed by atoms with E-state index >= 15 is 0 Å². The third kappa shape index (κ3) is 5.89. The van der Waals surface area contributed by atoms with E-state index in [2.05, 4.69) is 15.1 Å². The van der Waals surface area contributed by atoms with E-state index in [0.29, 0.717) is 29.5 Å². The highest BCUT2D eigenvalue weighted by atomic mass is 35.5. The highest BCUT2D eigenvalue weighted by Crippen LogP contribution is 2.27. The number of ether oxygens (including phenoxy) is 1. The number of nitrogens with one attached hydrogen (secondary N) is 1. The van der Waals surface area contributed by atoms with Crippen molar-refractivity contribution in [2.75, 3.05) is 12.4 Å². The van der Waals surface area contributed by atoms with Crippen LogP contribution in [-0.4, -0.2) is 39.1 Å². The van der Waals surface area contributed by atoms with Gasteiger partial charge in [0.1, 0.15) is 0 Å². The number of amides is 1. The van der Waals surface area contributed by atoms with Gasteiger partial charge in [-0.2, -0.15) is 5.10 Å². The standard InChI is InChI=1S/C25H23ClN4O3S/c1-2-33-23-13-18(9-12-22(23)31)14-27-29-24(32)16-34-25-28-20-5-3-4-6-21(20)30(25)15-17-7-10-19(26)11-8-17/h3-14,31H,2,15-16H2,1H3,(H,29,32)/b27-14-. The molecule has 0 saturated carbocycles. The molecule has 34 heavy (non-hydrogen) atoms. The van der Waals surface area contributed by atoms with Crippen LogP contribution in [0.2, 0.25) is 5.02 Å². The van der Waals surface area contributed by atoms with E-state index in [1.54, 1.807) is 12.1 Å². The SMILES string of the molecule is CCOc1cc(/C=N\NC(=O)CSc2nc3ccccc3n2Cc2ccc(Cl)cc2)ccc1O. The monoisotopic (exact) mass is 494 g/mol. The second-order valence-electron chi connectivity index (χ2n) is 7.34. The van der Waals surface area contributed by atoms with E-state index in [0.717, 1.165) is 21.8 Å². The zero-order valence-corrected chi connectivity index (χ0v) is 20.0. The van der Waals surface area contributed by atoms with Crippen LogP contribution in [0.4, 0.5) is 0 Å². The number of carbonyl (C=O) groups excluding carboxylic acids is 1. The molecule has 0 aliphatic carbocycles. The van der Waals surface area contributed by atoms with Crippen LogP contribution < -0.4 is 10.2 Å². The molecule has 0 spiro atoms. The van der Waals surface area contributed by atoms with Gasteiger partial charge in [-0.3, -0.25) is 4.79 Å². The number of hydrogen-bond donors (Lipinski definition) is 2. The summed E-state index contributed by atoms with van der Waals surface area (Å²) in [6.07, 6.45) is 1.50. The van der Waals surface area contributed by atoms with Gasteiger partial charge < -0.3 is 14.4 Å². The molecule has 0 radical (unpaired) electrons. The van der Waals surface area contributed by atoms with Crippen molar-refractivity contribution < 1.29 is 14.6 Å². The number of hydrogen-bond acceptors (Lipinski definition) is 6. The molecule has 2 N–H and O–H groups in total. The number of para-hydroxylation sites is 2. The normalized spacial score (nSPS) is 11.2. The Morgan fingerprint density at radius 3 is 2.79 bits per heavy atom. The van der Waals surface area contributed by atoms with Crippen LogP contribution in [0.15, 0.2) is 77.0 Å². The fourth-order valence-electron chi connectivity index (χ4n) is 3.31. The van der Waals surface area contributed by atoms with Crippen LogP contribution in [0.5, 0.6) is 11.5 Å². The van der Waals surface area contributed by atoms with Crippen LogP contribution in [0.1, 0.15) is 18.1 Å². The van der Waals surface area contributed by atoms with E-state index in [1.165, 1.54) is 24.0 Å². The summed E-state index contributed by atoms with van der Waals surface area (Å²) >= 11 is 7.36. The third-order valence-electron chi connectivity index (χ3n) is 4.89. The first-order valence-corrected chi connectivity index (χ1v) is 12.0. The summed E-state index contributed by atoms with van der Waals surface area (Å²) in [7, 11) is 0. The number of nitrogens with zero attached hydrogens (tertiary/aromatic N) is 3. The van der Waals surface area contributed by atoms with Crippen LogP contribution in [0.25, 0.3) is 11.0 Å². The number of hydrazone groups is 1. The van der Waals surface area contributed by atoms with Gasteiger partial charge in [-0.15, -0.1) is 0 Å². The summed E-state index contributed by atoms with van der Waals surface area (Å²) in [5.41, 5.74) is 6.18. The van der Waals surface area contributed by atoms with Gasteiger partial charge in [-0.1, -0.05) is 47.6 Å². The smallest absolute Gasteiger partial charge is 0.250 e. The minimum absolute atomic E-state index is 0.0564. The first-order valence-electron chi connectivity index (χ1n) is 10.6. The molecule has 1 aromatic heterocycles. The van der Waals surface area contributed by atoms with Gasteiger partial charge in [0.25, 0.3) is 5.91 Å². The molecule has 1 amide bonds. The van der Waals surface area contributed by atoms with Crippen molar-refractivity contribution in [1.29, 1.82) is 0 Å². The Hall–Kier alpha value is -3.49. The second kappa shape index (κ2) is 11.1. The molecule has 0 unspecified atom stereocenters. The van der Waals surface area contributed by atoms with Gasteiger partial charge in [0.2, 0.25) is 0 Å². The van der Waals surface area contributed by atoms with Crippen LogP contribution in [-0.2, 0) is 11.3 Å². The van der Waals surface area contributed by atoms with Crippen LogP contribution >= 0.6 is 23.4 Å². The zero-order valence-electron chi connectivity index (χ0n) is 18.4. The topological polar surface area (TPSA) is 88.7 Å². The largest absolute Gasteiger partial charge is 0.504 e. The number of benzene rings is 3. The maximum Gasteiger partial charge on any atom is 0.250 e. The van der Waals surface area contributed by atoms with Gasteiger partial charge in [-0.25, -0.2) is 10.4 Å². The summed E-state index contributed by atoms with van der Waals surface area (Å²) in [5.74, 6) is 0.324. The molecular formula is C25H23ClN4O3S. The van der Waals surface area contributed by atoms with Crippen molar-refractivity contribution in [1.82, 2.24) is 15.0 Å². The molecule has 0 aliphatic rings. The predicted octanol–water partition coefficient (Wildman–Crippen LogP) is 5.08. The Bertz CT molecular complexity index is 1320. The van der Waals surface area contributed by atoms with E-state index in [-0.39, 0.29) is 17.4 Å². The van der Waals surface area contributed by atoms with Crippen molar-refractivity contribution in [3.05, 3.63) is 82.9 Å². The molecule has 3 aromatic carbocycles. The van der Waals surface area contributed by atoms with E-state index in [4.69, 9.17) is 21.3 Å². The number of phenols is 1. The number of halogens is 1. The number of fused-ring (bicyclic) bond motifs is 1. The number of carbonyl (C=O) groups is 1. The average molecular weight is 495 g/mol. The molecule has 0 aliphatic heterocycles. The number of rotatable bonds is 9. The maximum atomic E-state index is 12.4. The quantitative estimate of drug-likeness (QED) is 0.192. The number of aromatic nitrogens is 2. The first-order chi connectivity index (χ1) is 16.5. The van der Waals surface area contributed by atoms with Gasteiger partial charge in [0.15, 0.2) is 16.7 Å². The Balaban J connectivity index is 1.42. The number of thioether (sulfide) groups is 1. The summed E-state index contributed by atoms with van der Waals surface area (Å²) in [5, 5.41) is 15.2. The van der Waals surface area contributed by atoms with E-state index in [1.807, 2.05) is 55.5 Å². The average Bonchev–Trinajstić information content (AvgIpc) is 3.18. The molecule has 0 fully saturated rings. The summed E-state index contributed by atoms with van der Waals surface area (Å²) in [6, 6.07) is 20.4. The van der Waals surface area contributed by atoms with Gasteiger partial charge in [-0.05, 0) is 60.5 Å². The molecule has 7 nitrogen and oxygen atoms in total. The lowest BCUT2D eigenvalue weighted by molar-refractivity contribution is -0.118. The van der Waals surface area contributed by atoms with E-state index < -0.39 is 0 Å². The van der Waals surface area contributed by atoms with Crippen LogP contribution in [0.3, 0.4) is 0 Å². The Morgan fingerprint density at radius 2 is 2.00 bits per heavy atom. The fourth-order valence-corrected chi connectivity index (χ4v) is 4.24. The number of phenolic OH excluding ortho intramolecular Hbond substituents is 1. The lowest BCUT2D eigenvalue weighted by Gasteiger charge is -2.09. The summed E-state index contributed by atoms with van der Waals surface area (Å²) < 4.78 is 7.45. The second-order valence-corrected chi connectivity index (χ2v) is 8.72. The van der Waals surface area contributed by atoms with Gasteiger partial charge in [0, 0.05) is 5.02 Å². The van der Waals surface area contributed by atoms with Crippen LogP contribution in [0, 0.1) is 0 Å². The third-order valence-corrected chi connectivity index (χ3v) is 6.12. The summed E-state index contributed by atoms with van der Waals surface area (Å²) in [6.45, 7) is 2.88. The minimum atomic E-state index is -0.254. The predicted molar refractivity (Wildman–Crippen MR) is 136 cm³/mol.